The highest BCUT2D eigenvalue weighted by molar-refractivity contribution is 6.01. The van der Waals surface area contributed by atoms with Gasteiger partial charge >= 0.3 is 0 Å². The number of pyridine rings is 1. The molecule has 0 radical (unpaired) electrons. The lowest BCUT2D eigenvalue weighted by Gasteiger charge is -2.25. The second-order valence-corrected chi connectivity index (χ2v) is 3.87. The second kappa shape index (κ2) is 6.73. The van der Waals surface area contributed by atoms with Crippen molar-refractivity contribution >= 4 is 11.5 Å². The van der Waals surface area contributed by atoms with Gasteiger partial charge in [0.15, 0.2) is 5.84 Å². The fraction of sp³-hybridized carbons (Fsp3) is 0.500. The summed E-state index contributed by atoms with van der Waals surface area (Å²) in [5, 5.41) is 11.8. The highest BCUT2D eigenvalue weighted by atomic mass is 16.4. The lowest BCUT2D eigenvalue weighted by Crippen LogP contribution is -2.28. The topological polar surface area (TPSA) is 74.7 Å². The molecule has 5 heteroatoms. The van der Waals surface area contributed by atoms with Gasteiger partial charge in [-0.25, -0.2) is 0 Å². The summed E-state index contributed by atoms with van der Waals surface area (Å²) < 4.78 is 0. The van der Waals surface area contributed by atoms with Gasteiger partial charge in [0, 0.05) is 24.8 Å². The molecule has 0 aromatic carbocycles. The molecule has 5 nitrogen and oxygen atoms in total. The van der Waals surface area contributed by atoms with Gasteiger partial charge < -0.3 is 15.8 Å². The van der Waals surface area contributed by atoms with E-state index in [1.807, 2.05) is 0 Å². The van der Waals surface area contributed by atoms with E-state index in [4.69, 9.17) is 10.9 Å². The number of hydrogen-bond acceptors (Lipinski definition) is 4. The number of aromatic nitrogens is 1. The van der Waals surface area contributed by atoms with Crippen LogP contribution in [-0.4, -0.2) is 29.1 Å². The molecule has 1 rings (SSSR count). The number of amidine groups is 1. The number of oxime groups is 1. The zero-order chi connectivity index (χ0) is 12.7. The Kier molecular flexibility index (Phi) is 5.26. The molecule has 94 valence electrons. The average molecular weight is 236 g/mol. The van der Waals surface area contributed by atoms with Crippen molar-refractivity contribution in [3.05, 3.63) is 24.0 Å². The molecule has 17 heavy (non-hydrogen) atoms. The molecule has 0 fully saturated rings. The first-order chi connectivity index (χ1) is 8.24. The zero-order valence-corrected chi connectivity index (χ0v) is 10.4. The van der Waals surface area contributed by atoms with Crippen LogP contribution in [0.25, 0.3) is 0 Å². The minimum absolute atomic E-state index is 0.125. The molecule has 3 N–H and O–H groups in total. The molecule has 0 saturated heterocycles. The van der Waals surface area contributed by atoms with Gasteiger partial charge in [-0.15, -0.1) is 0 Å². The summed E-state index contributed by atoms with van der Waals surface area (Å²) in [7, 11) is 0. The van der Waals surface area contributed by atoms with Crippen LogP contribution in [0.2, 0.25) is 0 Å². The molecule has 0 unspecified atom stereocenters. The van der Waals surface area contributed by atoms with Gasteiger partial charge in [-0.2, -0.15) is 0 Å². The summed E-state index contributed by atoms with van der Waals surface area (Å²) >= 11 is 0. The number of rotatable bonds is 6. The molecule has 0 aliphatic carbocycles. The zero-order valence-electron chi connectivity index (χ0n) is 10.4. The predicted octanol–water partition coefficient (Wildman–Crippen LogP) is 1.80. The molecule has 0 atom stereocenters. The number of hydrogen-bond donors (Lipinski definition) is 2. The highest BCUT2D eigenvalue weighted by Crippen LogP contribution is 2.19. The van der Waals surface area contributed by atoms with Gasteiger partial charge in [0.2, 0.25) is 0 Å². The van der Waals surface area contributed by atoms with Crippen LogP contribution in [0, 0.1) is 0 Å². The van der Waals surface area contributed by atoms with Crippen LogP contribution in [0.1, 0.15) is 32.3 Å². The Labute approximate surface area is 102 Å². The van der Waals surface area contributed by atoms with Gasteiger partial charge in [-0.1, -0.05) is 19.0 Å². The predicted molar refractivity (Wildman–Crippen MR) is 69.5 cm³/mol. The summed E-state index contributed by atoms with van der Waals surface area (Å²) in [6.45, 7) is 6.13. The summed E-state index contributed by atoms with van der Waals surface area (Å²) in [5.41, 5.74) is 7.32. The first-order valence-electron chi connectivity index (χ1n) is 5.91. The van der Waals surface area contributed by atoms with Crippen LogP contribution in [0.15, 0.2) is 23.6 Å². The maximum absolute atomic E-state index is 8.78. The van der Waals surface area contributed by atoms with Crippen LogP contribution < -0.4 is 10.6 Å². The minimum Gasteiger partial charge on any atom is -0.409 e. The smallest absolute Gasteiger partial charge is 0.172 e. The summed E-state index contributed by atoms with van der Waals surface area (Å²) in [4.78, 5) is 6.32. The first kappa shape index (κ1) is 13.3. The van der Waals surface area contributed by atoms with Crippen molar-refractivity contribution in [3.8, 4) is 0 Å². The van der Waals surface area contributed by atoms with Crippen molar-refractivity contribution < 1.29 is 5.21 Å². The Morgan fingerprint density at radius 1 is 1.41 bits per heavy atom. The molecule has 1 heterocycles. The lowest BCUT2D eigenvalue weighted by molar-refractivity contribution is 0.318. The minimum atomic E-state index is 0.125. The number of nitrogens with two attached hydrogens (primary N) is 1. The molecule has 0 aliphatic heterocycles. The Morgan fingerprint density at radius 2 is 2.06 bits per heavy atom. The molecule has 0 amide bonds. The van der Waals surface area contributed by atoms with Crippen molar-refractivity contribution in [1.29, 1.82) is 0 Å². The quantitative estimate of drug-likeness (QED) is 0.342. The van der Waals surface area contributed by atoms with E-state index in [0.717, 1.165) is 37.2 Å². The van der Waals surface area contributed by atoms with Gasteiger partial charge in [0.25, 0.3) is 0 Å². The van der Waals surface area contributed by atoms with E-state index in [-0.39, 0.29) is 5.84 Å². The molecule has 1 aromatic rings. The molecule has 0 saturated carbocycles. The third-order valence-electron chi connectivity index (χ3n) is 2.51. The van der Waals surface area contributed by atoms with Crippen molar-refractivity contribution in [2.24, 2.45) is 10.9 Å². The standard InChI is InChI=1S/C12H20N4O/c1-3-7-16(8-4-2)11-9-14-6-5-10(11)12(13)15-17/h5-6,9,17H,3-4,7-8H2,1-2H3,(H2,13,15). The van der Waals surface area contributed by atoms with Crippen LogP contribution in [0.4, 0.5) is 5.69 Å². The Morgan fingerprint density at radius 3 is 2.59 bits per heavy atom. The average Bonchev–Trinajstić information content (AvgIpc) is 2.37. The van der Waals surface area contributed by atoms with Crippen LogP contribution in [0.5, 0.6) is 0 Å². The third-order valence-corrected chi connectivity index (χ3v) is 2.51. The third kappa shape index (κ3) is 3.34. The van der Waals surface area contributed by atoms with Crippen LogP contribution in [-0.2, 0) is 0 Å². The van der Waals surface area contributed by atoms with Gasteiger partial charge in [-0.3, -0.25) is 4.98 Å². The van der Waals surface area contributed by atoms with Gasteiger partial charge in [0.05, 0.1) is 11.9 Å². The van der Waals surface area contributed by atoms with Crippen molar-refractivity contribution in [2.75, 3.05) is 18.0 Å². The molecule has 0 bridgehead atoms. The van der Waals surface area contributed by atoms with E-state index in [9.17, 15) is 0 Å². The Hall–Kier alpha value is -1.78. The fourth-order valence-corrected chi connectivity index (χ4v) is 1.80. The van der Waals surface area contributed by atoms with Crippen molar-refractivity contribution in [2.45, 2.75) is 26.7 Å². The summed E-state index contributed by atoms with van der Waals surface area (Å²) in [6, 6.07) is 1.77. The van der Waals surface area contributed by atoms with E-state index in [2.05, 4.69) is 28.9 Å². The molecular formula is C12H20N4O. The van der Waals surface area contributed by atoms with Crippen LogP contribution in [0.3, 0.4) is 0 Å². The molecule has 0 spiro atoms. The van der Waals surface area contributed by atoms with Crippen molar-refractivity contribution in [1.82, 2.24) is 4.98 Å². The van der Waals surface area contributed by atoms with E-state index in [0.29, 0.717) is 0 Å². The maximum atomic E-state index is 8.78. The molecule has 1 aromatic heterocycles. The number of anilines is 1. The normalized spacial score (nSPS) is 11.5. The van der Waals surface area contributed by atoms with E-state index < -0.39 is 0 Å². The first-order valence-corrected chi connectivity index (χ1v) is 5.91. The summed E-state index contributed by atoms with van der Waals surface area (Å²) in [5.74, 6) is 0.125. The van der Waals surface area contributed by atoms with Gasteiger partial charge in [-0.05, 0) is 18.9 Å². The van der Waals surface area contributed by atoms with Crippen molar-refractivity contribution in [3.63, 3.8) is 0 Å². The highest BCUT2D eigenvalue weighted by Gasteiger charge is 2.12. The largest absolute Gasteiger partial charge is 0.409 e. The van der Waals surface area contributed by atoms with E-state index >= 15 is 0 Å². The van der Waals surface area contributed by atoms with E-state index in [1.165, 1.54) is 0 Å². The number of nitrogens with zero attached hydrogens (tertiary/aromatic N) is 3. The van der Waals surface area contributed by atoms with E-state index in [1.54, 1.807) is 18.5 Å². The molecule has 0 aliphatic rings. The maximum Gasteiger partial charge on any atom is 0.172 e. The second-order valence-electron chi connectivity index (χ2n) is 3.87. The molecular weight excluding hydrogens is 216 g/mol. The monoisotopic (exact) mass is 236 g/mol. The SMILES string of the molecule is CCCN(CCC)c1cnccc1/C(N)=N/O. The van der Waals surface area contributed by atoms with Gasteiger partial charge in [0.1, 0.15) is 0 Å². The Balaban J connectivity index is 3.08. The Bertz CT molecular complexity index is 373. The fourth-order valence-electron chi connectivity index (χ4n) is 1.80. The lowest BCUT2D eigenvalue weighted by atomic mass is 10.2. The van der Waals surface area contributed by atoms with Crippen LogP contribution >= 0.6 is 0 Å². The summed E-state index contributed by atoms with van der Waals surface area (Å²) in [6.07, 6.45) is 5.50.